The first-order valence-corrected chi connectivity index (χ1v) is 6.21. The molecule has 0 amide bonds. The molecule has 0 saturated heterocycles. The molecular formula is C14H22N2O. The van der Waals surface area contributed by atoms with Gasteiger partial charge in [0.2, 0.25) is 0 Å². The summed E-state index contributed by atoms with van der Waals surface area (Å²) in [6.45, 7) is 0.953. The first kappa shape index (κ1) is 12.4. The molecule has 0 aromatic heterocycles. The summed E-state index contributed by atoms with van der Waals surface area (Å²) < 4.78 is 5.26. The number of rotatable bonds is 5. The van der Waals surface area contributed by atoms with Gasteiger partial charge in [-0.25, -0.2) is 0 Å². The van der Waals surface area contributed by atoms with Gasteiger partial charge in [-0.15, -0.1) is 0 Å². The Balaban J connectivity index is 1.76. The Labute approximate surface area is 104 Å². The van der Waals surface area contributed by atoms with Crippen LogP contribution in [-0.2, 0) is 11.3 Å². The third-order valence-corrected chi connectivity index (χ3v) is 3.48. The fourth-order valence-electron chi connectivity index (χ4n) is 2.10. The van der Waals surface area contributed by atoms with E-state index in [9.17, 15) is 0 Å². The fourth-order valence-corrected chi connectivity index (χ4v) is 2.10. The highest BCUT2D eigenvalue weighted by Gasteiger charge is 2.28. The first-order chi connectivity index (χ1) is 8.19. The summed E-state index contributed by atoms with van der Waals surface area (Å²) >= 11 is 0. The predicted molar refractivity (Wildman–Crippen MR) is 71.4 cm³/mol. The van der Waals surface area contributed by atoms with Crippen LogP contribution < -0.4 is 10.2 Å². The predicted octanol–water partition coefficient (Wildman–Crippen LogP) is 2.02. The minimum Gasteiger partial charge on any atom is -0.381 e. The molecule has 3 heteroatoms. The number of ether oxygens (including phenoxy) is 1. The summed E-state index contributed by atoms with van der Waals surface area (Å²) in [6.07, 6.45) is 2.77. The van der Waals surface area contributed by atoms with Gasteiger partial charge in [-0.2, -0.15) is 0 Å². The molecule has 1 fully saturated rings. The van der Waals surface area contributed by atoms with E-state index in [1.165, 1.54) is 11.3 Å². The SMILES string of the molecule is COC1CC(NCc2ccc(N(C)C)cc2)C1. The Morgan fingerprint density at radius 3 is 2.41 bits per heavy atom. The molecule has 0 radical (unpaired) electrons. The topological polar surface area (TPSA) is 24.5 Å². The van der Waals surface area contributed by atoms with Crippen molar-refractivity contribution in [3.8, 4) is 0 Å². The number of hydrogen-bond acceptors (Lipinski definition) is 3. The molecule has 0 unspecified atom stereocenters. The lowest BCUT2D eigenvalue weighted by molar-refractivity contribution is 0.0170. The maximum atomic E-state index is 5.26. The Morgan fingerprint density at radius 2 is 1.88 bits per heavy atom. The van der Waals surface area contributed by atoms with Gasteiger partial charge in [0, 0.05) is 39.5 Å². The van der Waals surface area contributed by atoms with Crippen molar-refractivity contribution in [2.24, 2.45) is 0 Å². The van der Waals surface area contributed by atoms with E-state index in [-0.39, 0.29) is 0 Å². The molecule has 94 valence electrons. The molecule has 1 aromatic carbocycles. The molecule has 0 spiro atoms. The monoisotopic (exact) mass is 234 g/mol. The second-order valence-corrected chi connectivity index (χ2v) is 4.97. The summed E-state index contributed by atoms with van der Waals surface area (Å²) in [4.78, 5) is 2.12. The number of hydrogen-bond donors (Lipinski definition) is 1. The summed E-state index contributed by atoms with van der Waals surface area (Å²) in [5.41, 5.74) is 2.59. The van der Waals surface area contributed by atoms with Crippen molar-refractivity contribution < 1.29 is 4.74 Å². The van der Waals surface area contributed by atoms with Crippen LogP contribution in [0.1, 0.15) is 18.4 Å². The van der Waals surface area contributed by atoms with E-state index < -0.39 is 0 Å². The molecule has 1 saturated carbocycles. The molecule has 0 aliphatic heterocycles. The van der Waals surface area contributed by atoms with Crippen LogP contribution in [0.4, 0.5) is 5.69 Å². The maximum absolute atomic E-state index is 5.26. The summed E-state index contributed by atoms with van der Waals surface area (Å²) in [5.74, 6) is 0. The van der Waals surface area contributed by atoms with Crippen molar-refractivity contribution in [1.29, 1.82) is 0 Å². The van der Waals surface area contributed by atoms with Crippen LogP contribution in [-0.4, -0.2) is 33.4 Å². The van der Waals surface area contributed by atoms with E-state index in [0.29, 0.717) is 12.1 Å². The summed E-state index contributed by atoms with van der Waals surface area (Å²) in [6, 6.07) is 9.34. The summed E-state index contributed by atoms with van der Waals surface area (Å²) in [5, 5.41) is 3.55. The molecule has 1 aliphatic carbocycles. The number of benzene rings is 1. The fraction of sp³-hybridized carbons (Fsp3) is 0.571. The molecule has 17 heavy (non-hydrogen) atoms. The van der Waals surface area contributed by atoms with Crippen molar-refractivity contribution in [1.82, 2.24) is 5.32 Å². The lowest BCUT2D eigenvalue weighted by Crippen LogP contribution is -2.44. The largest absolute Gasteiger partial charge is 0.381 e. The van der Waals surface area contributed by atoms with E-state index in [1.807, 2.05) is 0 Å². The molecule has 0 heterocycles. The Kier molecular flexibility index (Phi) is 4.02. The molecule has 1 N–H and O–H groups in total. The van der Waals surface area contributed by atoms with Gasteiger partial charge in [0.05, 0.1) is 6.10 Å². The van der Waals surface area contributed by atoms with Crippen molar-refractivity contribution in [3.63, 3.8) is 0 Å². The normalized spacial score (nSPS) is 23.2. The highest BCUT2D eigenvalue weighted by Crippen LogP contribution is 2.23. The highest BCUT2D eigenvalue weighted by molar-refractivity contribution is 5.45. The second-order valence-electron chi connectivity index (χ2n) is 4.97. The van der Waals surface area contributed by atoms with Crippen molar-refractivity contribution >= 4 is 5.69 Å². The van der Waals surface area contributed by atoms with Crippen LogP contribution in [0.15, 0.2) is 24.3 Å². The standard InChI is InChI=1S/C14H22N2O/c1-16(2)13-6-4-11(5-7-13)10-15-12-8-14(9-12)17-3/h4-7,12,14-15H,8-10H2,1-3H3. The van der Waals surface area contributed by atoms with Gasteiger partial charge in [-0.3, -0.25) is 0 Å². The molecule has 1 aliphatic rings. The van der Waals surface area contributed by atoms with Crippen LogP contribution in [0.5, 0.6) is 0 Å². The van der Waals surface area contributed by atoms with E-state index in [0.717, 1.165) is 19.4 Å². The summed E-state index contributed by atoms with van der Waals surface area (Å²) in [7, 11) is 5.92. The Hall–Kier alpha value is -1.06. The van der Waals surface area contributed by atoms with Crippen molar-refractivity contribution in [3.05, 3.63) is 29.8 Å². The van der Waals surface area contributed by atoms with Gasteiger partial charge in [-0.1, -0.05) is 12.1 Å². The van der Waals surface area contributed by atoms with E-state index >= 15 is 0 Å². The molecule has 0 atom stereocenters. The lowest BCUT2D eigenvalue weighted by atomic mass is 9.89. The first-order valence-electron chi connectivity index (χ1n) is 6.21. The van der Waals surface area contributed by atoms with E-state index in [1.54, 1.807) is 7.11 Å². The zero-order chi connectivity index (χ0) is 12.3. The van der Waals surface area contributed by atoms with Crippen molar-refractivity contribution in [2.75, 3.05) is 26.1 Å². The van der Waals surface area contributed by atoms with Crippen LogP contribution in [0.2, 0.25) is 0 Å². The maximum Gasteiger partial charge on any atom is 0.0601 e. The average molecular weight is 234 g/mol. The molecule has 0 bridgehead atoms. The van der Waals surface area contributed by atoms with E-state index in [2.05, 4.69) is 48.6 Å². The van der Waals surface area contributed by atoms with Crippen LogP contribution in [0.3, 0.4) is 0 Å². The van der Waals surface area contributed by atoms with Gasteiger partial charge in [0.1, 0.15) is 0 Å². The second kappa shape index (κ2) is 5.52. The highest BCUT2D eigenvalue weighted by atomic mass is 16.5. The third-order valence-electron chi connectivity index (χ3n) is 3.48. The molecule has 1 aromatic rings. The molecule has 2 rings (SSSR count). The number of nitrogens with zero attached hydrogens (tertiary/aromatic N) is 1. The average Bonchev–Trinajstić information content (AvgIpc) is 2.28. The molecular weight excluding hydrogens is 212 g/mol. The van der Waals surface area contributed by atoms with Crippen LogP contribution >= 0.6 is 0 Å². The number of nitrogens with one attached hydrogen (secondary N) is 1. The zero-order valence-electron chi connectivity index (χ0n) is 10.9. The van der Waals surface area contributed by atoms with Crippen LogP contribution in [0, 0.1) is 0 Å². The van der Waals surface area contributed by atoms with Gasteiger partial charge in [-0.05, 0) is 30.5 Å². The Morgan fingerprint density at radius 1 is 1.24 bits per heavy atom. The minimum absolute atomic E-state index is 0.476. The third kappa shape index (κ3) is 3.20. The number of anilines is 1. The van der Waals surface area contributed by atoms with Gasteiger partial charge in [0.15, 0.2) is 0 Å². The van der Waals surface area contributed by atoms with Gasteiger partial charge in [0.25, 0.3) is 0 Å². The van der Waals surface area contributed by atoms with Gasteiger partial charge >= 0.3 is 0 Å². The lowest BCUT2D eigenvalue weighted by Gasteiger charge is -2.34. The van der Waals surface area contributed by atoms with Crippen LogP contribution in [0.25, 0.3) is 0 Å². The Bertz CT molecular complexity index is 342. The molecule has 3 nitrogen and oxygen atoms in total. The quantitative estimate of drug-likeness (QED) is 0.843. The zero-order valence-corrected chi connectivity index (χ0v) is 10.9. The minimum atomic E-state index is 0.476. The van der Waals surface area contributed by atoms with Crippen molar-refractivity contribution in [2.45, 2.75) is 31.5 Å². The van der Waals surface area contributed by atoms with E-state index in [4.69, 9.17) is 4.74 Å². The smallest absolute Gasteiger partial charge is 0.0601 e. The van der Waals surface area contributed by atoms with Gasteiger partial charge < -0.3 is 15.0 Å². The number of methoxy groups -OCH3 is 1.